The van der Waals surface area contributed by atoms with Gasteiger partial charge in [0, 0.05) is 0 Å². The average molecular weight is 991 g/mol. The third kappa shape index (κ3) is 11.2. The van der Waals surface area contributed by atoms with Gasteiger partial charge in [0.15, 0.2) is 37.7 Å². The van der Waals surface area contributed by atoms with Crippen LogP contribution >= 0.6 is 0 Å². The van der Waals surface area contributed by atoms with Gasteiger partial charge < -0.3 is 154 Å². The quantitative estimate of drug-likeness (QED) is 0.0683. The Morgan fingerprint density at radius 2 is 0.433 bits per heavy atom. The fourth-order valence-electron chi connectivity index (χ4n) is 8.52. The summed E-state index contributed by atoms with van der Waals surface area (Å²) >= 11 is 0. The van der Waals surface area contributed by atoms with Gasteiger partial charge in [0.05, 0.1) is 39.6 Å². The fraction of sp³-hybridized carbons (Fsp3) is 1.00. The van der Waals surface area contributed by atoms with E-state index in [2.05, 4.69) is 0 Å². The van der Waals surface area contributed by atoms with Gasteiger partial charge in [-0.3, -0.25) is 0 Å². The fourth-order valence-corrected chi connectivity index (χ4v) is 8.52. The van der Waals surface area contributed by atoms with Gasteiger partial charge in [0.1, 0.15) is 146 Å². The first-order chi connectivity index (χ1) is 31.8. The molecule has 6 aliphatic rings. The lowest BCUT2D eigenvalue weighted by molar-refractivity contribution is -0.396. The molecule has 0 saturated carbocycles. The largest absolute Gasteiger partial charge is 0.394 e. The Hall–Kier alpha value is -1.24. The summed E-state index contributed by atoms with van der Waals surface area (Å²) in [6.45, 7) is -5.67. The van der Waals surface area contributed by atoms with E-state index in [9.17, 15) is 102 Å². The second-order valence-electron chi connectivity index (χ2n) is 16.8. The van der Waals surface area contributed by atoms with Crippen molar-refractivity contribution in [2.75, 3.05) is 39.6 Å². The van der Waals surface area contributed by atoms with Crippen molar-refractivity contribution >= 4 is 0 Å². The number of ether oxygens (including phenoxy) is 11. The van der Waals surface area contributed by atoms with E-state index in [4.69, 9.17) is 52.1 Å². The maximum absolute atomic E-state index is 11.2. The van der Waals surface area contributed by atoms with Gasteiger partial charge in [-0.15, -0.1) is 0 Å². The third-order valence-electron chi connectivity index (χ3n) is 12.4. The van der Waals surface area contributed by atoms with Crippen LogP contribution in [-0.2, 0) is 52.1 Å². The molecule has 6 aliphatic heterocycles. The minimum absolute atomic E-state index is 0.830. The first-order valence-corrected chi connectivity index (χ1v) is 21.1. The number of aliphatic hydroxyl groups excluding tert-OH is 20. The predicted octanol–water partition coefficient (Wildman–Crippen LogP) is -14.1. The van der Waals surface area contributed by atoms with Crippen LogP contribution in [0.5, 0.6) is 0 Å². The van der Waals surface area contributed by atoms with Crippen molar-refractivity contribution < 1.29 is 154 Å². The number of hydrogen-bond acceptors (Lipinski definition) is 31. The van der Waals surface area contributed by atoms with Gasteiger partial charge in [0.2, 0.25) is 0 Å². The van der Waals surface area contributed by atoms with Gasteiger partial charge in [-0.05, 0) is 0 Å². The molecule has 6 heterocycles. The highest BCUT2D eigenvalue weighted by Gasteiger charge is 2.57. The highest BCUT2D eigenvalue weighted by Crippen LogP contribution is 2.36. The zero-order valence-electron chi connectivity index (χ0n) is 35.0. The Balaban J connectivity index is 1.07. The van der Waals surface area contributed by atoms with Crippen molar-refractivity contribution in [1.29, 1.82) is 0 Å². The van der Waals surface area contributed by atoms with E-state index in [0.29, 0.717) is 0 Å². The topological polar surface area (TPSA) is 506 Å². The molecular weight excluding hydrogens is 928 g/mol. The van der Waals surface area contributed by atoms with Crippen LogP contribution in [0.4, 0.5) is 0 Å². The van der Waals surface area contributed by atoms with Gasteiger partial charge in [-0.25, -0.2) is 0 Å². The second-order valence-corrected chi connectivity index (χ2v) is 16.8. The first kappa shape index (κ1) is 55.1. The summed E-state index contributed by atoms with van der Waals surface area (Å²) in [6, 6.07) is 0. The van der Waals surface area contributed by atoms with Crippen LogP contribution in [-0.4, -0.2) is 326 Å². The summed E-state index contributed by atoms with van der Waals surface area (Å²) < 4.78 is 60.5. The van der Waals surface area contributed by atoms with Gasteiger partial charge in [0.25, 0.3) is 0 Å². The molecule has 392 valence electrons. The third-order valence-corrected chi connectivity index (χ3v) is 12.4. The Kier molecular flexibility index (Phi) is 19.4. The molecule has 0 bridgehead atoms. The molecule has 31 heteroatoms. The van der Waals surface area contributed by atoms with E-state index in [-0.39, 0.29) is 0 Å². The van der Waals surface area contributed by atoms with Crippen molar-refractivity contribution in [2.45, 2.75) is 184 Å². The molecule has 31 nitrogen and oxygen atoms in total. The van der Waals surface area contributed by atoms with Crippen molar-refractivity contribution in [3.8, 4) is 0 Å². The Bertz CT molecular complexity index is 1500. The molecule has 0 radical (unpaired) electrons. The standard InChI is InChI=1S/C36H62O31/c37-1-7-13(43)14(44)21(51)32(58-7)64-27-9(3-39)60-34(23(53)16(27)46)66-29-11(5-41)62-36(25(55)18(29)48)67-30-12(6-42)61-35(24(54)19(30)49)65-28-10(4-40)59-33(22(52)17(28)47)63-26-8(2-38)57-31(56)20(50)15(26)45/h7-56H,1-6H2/t7-,8-,9-,10-,11-,12-,13-,14+,15-,16-,17-,18-,19-,20+,21+,22+,23+,24+,25+,26-,27-,28-,29-,30-,31+,32+,33+,34+,35+,36+/m1/s1. The van der Waals surface area contributed by atoms with Crippen molar-refractivity contribution in [1.82, 2.24) is 0 Å². The number of aliphatic hydroxyl groups is 20. The Morgan fingerprint density at radius 1 is 0.224 bits per heavy atom. The summed E-state index contributed by atoms with van der Waals surface area (Å²) in [5, 5.41) is 209. The van der Waals surface area contributed by atoms with Crippen molar-refractivity contribution in [3.05, 3.63) is 0 Å². The van der Waals surface area contributed by atoms with Crippen LogP contribution < -0.4 is 0 Å². The summed E-state index contributed by atoms with van der Waals surface area (Å²) in [4.78, 5) is 0. The zero-order chi connectivity index (χ0) is 49.3. The smallest absolute Gasteiger partial charge is 0.187 e. The lowest BCUT2D eigenvalue weighted by Crippen LogP contribution is -2.68. The van der Waals surface area contributed by atoms with E-state index in [1.165, 1.54) is 0 Å². The van der Waals surface area contributed by atoms with E-state index in [0.717, 1.165) is 0 Å². The molecular formula is C36H62O31. The maximum Gasteiger partial charge on any atom is 0.187 e. The monoisotopic (exact) mass is 990 g/mol. The summed E-state index contributed by atoms with van der Waals surface area (Å²) in [7, 11) is 0. The summed E-state index contributed by atoms with van der Waals surface area (Å²) in [6.07, 6.45) is -56.5. The molecule has 0 aromatic heterocycles. The van der Waals surface area contributed by atoms with Crippen LogP contribution in [0.15, 0.2) is 0 Å². The van der Waals surface area contributed by atoms with E-state index in [1.807, 2.05) is 0 Å². The number of hydrogen-bond donors (Lipinski definition) is 20. The van der Waals surface area contributed by atoms with Gasteiger partial charge in [-0.1, -0.05) is 0 Å². The molecule has 0 aliphatic carbocycles. The second kappa shape index (κ2) is 23.5. The molecule has 0 aromatic carbocycles. The highest BCUT2D eigenvalue weighted by atomic mass is 16.8. The molecule has 0 spiro atoms. The molecule has 6 fully saturated rings. The van der Waals surface area contributed by atoms with Crippen molar-refractivity contribution in [3.63, 3.8) is 0 Å². The number of rotatable bonds is 16. The highest BCUT2D eigenvalue weighted by molar-refractivity contribution is 5.00. The summed E-state index contributed by atoms with van der Waals surface area (Å²) in [5.74, 6) is 0. The lowest BCUT2D eigenvalue weighted by Gasteiger charge is -2.49. The molecule has 6 rings (SSSR count). The normalized spacial score (nSPS) is 53.4. The predicted molar refractivity (Wildman–Crippen MR) is 199 cm³/mol. The molecule has 20 N–H and O–H groups in total. The van der Waals surface area contributed by atoms with Gasteiger partial charge in [-0.2, -0.15) is 0 Å². The van der Waals surface area contributed by atoms with E-state index < -0.39 is 224 Å². The minimum atomic E-state index is -2.18. The molecule has 67 heavy (non-hydrogen) atoms. The van der Waals surface area contributed by atoms with Crippen LogP contribution in [0.1, 0.15) is 0 Å². The first-order valence-electron chi connectivity index (χ1n) is 21.1. The zero-order valence-corrected chi connectivity index (χ0v) is 35.0. The SMILES string of the molecule is OC[C@H]1O[C@@H](O[C@H]2[C@H](O)[C@H](O)[C@H](O[C@H]3[C@H](O)[C@H](O)[C@H](O[C@H]4[C@H](O)[C@H](O)[C@H](O[C@H]5[C@H](O)[C@H](O)[C@H](O[C@H]6[C@H](O)[C@H](O)[C@@H](O)O[C@@H]6CO)O[C@@H]5CO)O[C@@H]4CO)O[C@@H]3CO)O[C@@H]2CO)[C@@H](O)[C@@H](O)[C@@H]1O. The van der Waals surface area contributed by atoms with E-state index in [1.54, 1.807) is 0 Å². The van der Waals surface area contributed by atoms with Crippen LogP contribution in [0.25, 0.3) is 0 Å². The van der Waals surface area contributed by atoms with Crippen molar-refractivity contribution in [2.24, 2.45) is 0 Å². The lowest BCUT2D eigenvalue weighted by atomic mass is 9.95. The van der Waals surface area contributed by atoms with E-state index >= 15 is 0 Å². The van der Waals surface area contributed by atoms with Crippen LogP contribution in [0.2, 0.25) is 0 Å². The maximum atomic E-state index is 11.2. The molecule has 0 aromatic rings. The van der Waals surface area contributed by atoms with Crippen LogP contribution in [0, 0.1) is 0 Å². The van der Waals surface area contributed by atoms with Gasteiger partial charge >= 0.3 is 0 Å². The molecule has 0 unspecified atom stereocenters. The minimum Gasteiger partial charge on any atom is -0.394 e. The average Bonchev–Trinajstić information content (AvgIpc) is 3.32. The Morgan fingerprint density at radius 3 is 0.687 bits per heavy atom. The van der Waals surface area contributed by atoms with Crippen LogP contribution in [0.3, 0.4) is 0 Å². The Labute approximate surface area is 378 Å². The molecule has 6 saturated heterocycles. The summed E-state index contributed by atoms with van der Waals surface area (Å²) in [5.41, 5.74) is 0. The molecule has 0 amide bonds. The molecule has 30 atom stereocenters.